The van der Waals surface area contributed by atoms with Gasteiger partial charge in [0.05, 0.1) is 0 Å². The maximum atomic E-state index is 3.44. The van der Waals surface area contributed by atoms with Gasteiger partial charge in [0.25, 0.3) is 0 Å². The highest BCUT2D eigenvalue weighted by Gasteiger charge is 1.98. The summed E-state index contributed by atoms with van der Waals surface area (Å²) in [7, 11) is 0. The Labute approximate surface area is 64.8 Å². The van der Waals surface area contributed by atoms with Gasteiger partial charge in [0, 0.05) is 21.4 Å². The van der Waals surface area contributed by atoms with Crippen molar-refractivity contribution in [2.75, 3.05) is 0 Å². The van der Waals surface area contributed by atoms with E-state index in [4.69, 9.17) is 0 Å². The number of halogens is 1. The fraction of sp³-hybridized carbons (Fsp3) is 0. The number of nitrogens with one attached hydrogen (secondary N) is 1. The van der Waals surface area contributed by atoms with Crippen LogP contribution in [-0.4, -0.2) is 4.98 Å². The molecule has 2 aromatic heterocycles. The molecule has 46 valence electrons. The van der Waals surface area contributed by atoms with Crippen LogP contribution in [0.1, 0.15) is 0 Å². The van der Waals surface area contributed by atoms with Gasteiger partial charge in [-0.1, -0.05) is 0 Å². The normalized spacial score (nSPS) is 10.8. The largest absolute Gasteiger partial charge is 0.353 e. The Hall–Kier alpha value is -0.280. The van der Waals surface area contributed by atoms with Crippen molar-refractivity contribution in [3.8, 4) is 0 Å². The van der Waals surface area contributed by atoms with E-state index >= 15 is 0 Å². The van der Waals surface area contributed by atoms with Gasteiger partial charge in [0.15, 0.2) is 0 Å². The zero-order chi connectivity index (χ0) is 6.27. The highest BCUT2D eigenvalue weighted by atomic mass is 79.9. The van der Waals surface area contributed by atoms with Crippen LogP contribution in [-0.2, 0) is 0 Å². The van der Waals surface area contributed by atoms with E-state index in [2.05, 4.69) is 32.4 Å². The molecule has 0 aromatic carbocycles. The molecule has 0 amide bonds. The summed E-state index contributed by atoms with van der Waals surface area (Å²) in [6.45, 7) is 0. The molecule has 0 unspecified atom stereocenters. The van der Waals surface area contributed by atoms with E-state index in [1.807, 2.05) is 6.20 Å². The van der Waals surface area contributed by atoms with E-state index in [0.29, 0.717) is 0 Å². The molecule has 2 aromatic rings. The molecule has 1 N–H and O–H groups in total. The molecule has 2 rings (SSSR count). The van der Waals surface area contributed by atoms with Crippen LogP contribution < -0.4 is 0 Å². The number of aromatic nitrogens is 1. The molecule has 0 saturated heterocycles. The molecule has 0 atom stereocenters. The van der Waals surface area contributed by atoms with E-state index < -0.39 is 0 Å². The van der Waals surface area contributed by atoms with Crippen LogP contribution in [0, 0.1) is 0 Å². The number of hydrogen-bond acceptors (Lipinski definition) is 1. The zero-order valence-corrected chi connectivity index (χ0v) is 6.92. The van der Waals surface area contributed by atoms with Crippen molar-refractivity contribution in [1.29, 1.82) is 0 Å². The standard InChI is InChI=1S/C6H4BrNS/c7-5-3-9-6-4(5)1-2-8-6/h1-3,8H. The average Bonchev–Trinajstić information content (AvgIpc) is 2.35. The van der Waals surface area contributed by atoms with Crippen molar-refractivity contribution < 1.29 is 0 Å². The Kier molecular flexibility index (Phi) is 1.13. The molecule has 3 heteroatoms. The van der Waals surface area contributed by atoms with Crippen molar-refractivity contribution in [2.24, 2.45) is 0 Å². The van der Waals surface area contributed by atoms with Gasteiger partial charge in [-0.3, -0.25) is 0 Å². The van der Waals surface area contributed by atoms with E-state index in [1.165, 1.54) is 14.7 Å². The molecule has 0 fully saturated rings. The third-order valence-corrected chi connectivity index (χ3v) is 3.13. The van der Waals surface area contributed by atoms with Gasteiger partial charge < -0.3 is 4.98 Å². The molecular formula is C6H4BrNS. The minimum atomic E-state index is 1.18. The highest BCUT2D eigenvalue weighted by molar-refractivity contribution is 9.10. The van der Waals surface area contributed by atoms with Crippen LogP contribution in [0.25, 0.3) is 10.2 Å². The fourth-order valence-corrected chi connectivity index (χ4v) is 2.35. The summed E-state index contributed by atoms with van der Waals surface area (Å²) in [5.74, 6) is 0. The predicted octanol–water partition coefficient (Wildman–Crippen LogP) is 2.99. The Bertz CT molecular complexity index is 322. The highest BCUT2D eigenvalue weighted by Crippen LogP contribution is 2.28. The first-order valence-corrected chi connectivity index (χ1v) is 4.25. The lowest BCUT2D eigenvalue weighted by Gasteiger charge is -1.73. The average molecular weight is 202 g/mol. The maximum absolute atomic E-state index is 3.44. The first-order valence-electron chi connectivity index (χ1n) is 2.58. The first kappa shape index (κ1) is 5.50. The second-order valence-corrected chi connectivity index (χ2v) is 3.54. The SMILES string of the molecule is Brc1csc2[nH]ccc12. The van der Waals surface area contributed by atoms with E-state index in [1.54, 1.807) is 11.3 Å². The monoisotopic (exact) mass is 201 g/mol. The van der Waals surface area contributed by atoms with Crippen molar-refractivity contribution >= 4 is 37.5 Å². The quantitative estimate of drug-likeness (QED) is 0.675. The summed E-state index contributed by atoms with van der Waals surface area (Å²) in [5.41, 5.74) is 0. The van der Waals surface area contributed by atoms with Gasteiger partial charge in [0.1, 0.15) is 4.83 Å². The summed E-state index contributed by atoms with van der Waals surface area (Å²) in [4.78, 5) is 4.37. The lowest BCUT2D eigenvalue weighted by molar-refractivity contribution is 1.51. The van der Waals surface area contributed by atoms with Crippen molar-refractivity contribution in [3.63, 3.8) is 0 Å². The molecular weight excluding hydrogens is 198 g/mol. The van der Waals surface area contributed by atoms with Crippen molar-refractivity contribution in [3.05, 3.63) is 22.1 Å². The number of thiophene rings is 1. The molecule has 0 radical (unpaired) electrons. The predicted molar refractivity (Wildman–Crippen MR) is 43.9 cm³/mol. The summed E-state index contributed by atoms with van der Waals surface area (Å²) in [6, 6.07) is 2.07. The van der Waals surface area contributed by atoms with Gasteiger partial charge in [-0.15, -0.1) is 11.3 Å². The van der Waals surface area contributed by atoms with Crippen LogP contribution in [0.2, 0.25) is 0 Å². The van der Waals surface area contributed by atoms with Gasteiger partial charge in [0.2, 0.25) is 0 Å². The first-order chi connectivity index (χ1) is 4.38. The molecule has 9 heavy (non-hydrogen) atoms. The number of hydrogen-bond donors (Lipinski definition) is 1. The van der Waals surface area contributed by atoms with Crippen LogP contribution in [0.15, 0.2) is 22.1 Å². The molecule has 0 aliphatic rings. The summed E-state index contributed by atoms with van der Waals surface area (Å²) < 4.78 is 1.18. The van der Waals surface area contributed by atoms with Crippen LogP contribution in [0.5, 0.6) is 0 Å². The van der Waals surface area contributed by atoms with E-state index in [9.17, 15) is 0 Å². The number of fused-ring (bicyclic) bond motifs is 1. The Balaban J connectivity index is 2.99. The summed E-state index contributed by atoms with van der Waals surface area (Å²) in [6.07, 6.45) is 1.95. The Morgan fingerprint density at radius 1 is 1.56 bits per heavy atom. The second kappa shape index (κ2) is 1.85. The van der Waals surface area contributed by atoms with Crippen molar-refractivity contribution in [2.45, 2.75) is 0 Å². The van der Waals surface area contributed by atoms with E-state index in [-0.39, 0.29) is 0 Å². The van der Waals surface area contributed by atoms with Gasteiger partial charge in [-0.05, 0) is 22.0 Å². The molecule has 0 aliphatic heterocycles. The maximum Gasteiger partial charge on any atom is 0.101 e. The van der Waals surface area contributed by atoms with Crippen molar-refractivity contribution in [1.82, 2.24) is 4.98 Å². The Morgan fingerprint density at radius 3 is 3.22 bits per heavy atom. The second-order valence-electron chi connectivity index (χ2n) is 1.80. The minimum absolute atomic E-state index is 1.18. The van der Waals surface area contributed by atoms with Crippen LogP contribution in [0.3, 0.4) is 0 Å². The molecule has 0 saturated carbocycles. The molecule has 0 bridgehead atoms. The van der Waals surface area contributed by atoms with Crippen LogP contribution in [0.4, 0.5) is 0 Å². The zero-order valence-electron chi connectivity index (χ0n) is 4.52. The number of aromatic amines is 1. The lowest BCUT2D eigenvalue weighted by Crippen LogP contribution is -1.48. The molecule has 0 aliphatic carbocycles. The third-order valence-electron chi connectivity index (χ3n) is 1.25. The van der Waals surface area contributed by atoms with Crippen LogP contribution >= 0.6 is 27.3 Å². The molecule has 0 spiro atoms. The molecule has 1 nitrogen and oxygen atoms in total. The molecule has 2 heterocycles. The topological polar surface area (TPSA) is 15.8 Å². The van der Waals surface area contributed by atoms with Gasteiger partial charge >= 0.3 is 0 Å². The van der Waals surface area contributed by atoms with Gasteiger partial charge in [-0.2, -0.15) is 0 Å². The third kappa shape index (κ3) is 0.721. The fourth-order valence-electron chi connectivity index (χ4n) is 0.814. The minimum Gasteiger partial charge on any atom is -0.353 e. The lowest BCUT2D eigenvalue weighted by atomic mass is 10.4. The number of H-pyrrole nitrogens is 1. The summed E-state index contributed by atoms with van der Waals surface area (Å²) in [5, 5.41) is 3.36. The number of rotatable bonds is 0. The smallest absolute Gasteiger partial charge is 0.101 e. The Morgan fingerprint density at radius 2 is 2.44 bits per heavy atom. The van der Waals surface area contributed by atoms with E-state index in [0.717, 1.165) is 0 Å². The van der Waals surface area contributed by atoms with Gasteiger partial charge in [-0.25, -0.2) is 0 Å². The summed E-state index contributed by atoms with van der Waals surface area (Å²) >= 11 is 5.15.